The van der Waals surface area contributed by atoms with E-state index in [1.165, 1.54) is 0 Å². The van der Waals surface area contributed by atoms with Gasteiger partial charge in [-0.25, -0.2) is 0 Å². The first-order valence-electron chi connectivity index (χ1n) is 7.14. The lowest BCUT2D eigenvalue weighted by molar-refractivity contribution is -0.133. The molecule has 2 heterocycles. The van der Waals surface area contributed by atoms with Gasteiger partial charge in [0.2, 0.25) is 11.7 Å². The largest absolute Gasteiger partial charge is 0.337 e. The number of carbonyl (C=O) groups is 1. The van der Waals surface area contributed by atoms with E-state index < -0.39 is 4.84 Å². The van der Waals surface area contributed by atoms with Gasteiger partial charge in [0.15, 0.2) is 4.84 Å². The van der Waals surface area contributed by atoms with Crippen LogP contribution in [-0.4, -0.2) is 32.3 Å². The van der Waals surface area contributed by atoms with E-state index in [1.54, 1.807) is 4.90 Å². The molecule has 1 saturated heterocycles. The smallest absolute Gasteiger partial charge is 0.256 e. The Hall–Kier alpha value is -1.59. The fraction of sp³-hybridized carbons (Fsp3) is 0.400. The average Bonchev–Trinajstić information content (AvgIpc) is 3.05. The Bertz CT molecular complexity index is 645. The second-order valence-corrected chi connectivity index (χ2v) is 6.26. The van der Waals surface area contributed by atoms with Gasteiger partial charge in [0.1, 0.15) is 6.04 Å². The Balaban J connectivity index is 1.86. The maximum absolute atomic E-state index is 12.1. The van der Waals surface area contributed by atoms with Crippen LogP contribution in [0.3, 0.4) is 0 Å². The van der Waals surface area contributed by atoms with Crippen molar-refractivity contribution in [2.24, 2.45) is 0 Å². The third kappa shape index (κ3) is 3.10. The molecule has 1 aromatic carbocycles. The van der Waals surface area contributed by atoms with Crippen molar-refractivity contribution in [1.82, 2.24) is 15.0 Å². The van der Waals surface area contributed by atoms with Gasteiger partial charge in [-0.3, -0.25) is 4.79 Å². The molecule has 7 heteroatoms. The molecule has 1 aromatic heterocycles. The highest BCUT2D eigenvalue weighted by molar-refractivity contribution is 6.53. The number of nitrogens with zero attached hydrogens (tertiary/aromatic N) is 3. The Morgan fingerprint density at radius 1 is 1.27 bits per heavy atom. The zero-order valence-electron chi connectivity index (χ0n) is 11.8. The van der Waals surface area contributed by atoms with Gasteiger partial charge < -0.3 is 9.42 Å². The number of hydrogen-bond donors (Lipinski definition) is 0. The molecule has 0 N–H and O–H groups in total. The summed E-state index contributed by atoms with van der Waals surface area (Å²) in [5.41, 5.74) is 0.874. The molecule has 0 radical (unpaired) electrons. The van der Waals surface area contributed by atoms with Crippen LogP contribution in [0.4, 0.5) is 0 Å². The van der Waals surface area contributed by atoms with Gasteiger partial charge in [0.05, 0.1) is 0 Å². The first kappa shape index (κ1) is 15.3. The molecule has 0 aliphatic carbocycles. The van der Waals surface area contributed by atoms with E-state index in [9.17, 15) is 4.79 Å². The van der Waals surface area contributed by atoms with Crippen molar-refractivity contribution in [3.63, 3.8) is 0 Å². The van der Waals surface area contributed by atoms with Crippen LogP contribution in [0.1, 0.15) is 31.2 Å². The van der Waals surface area contributed by atoms with E-state index in [0.29, 0.717) is 18.3 Å². The minimum atomic E-state index is -1.07. The monoisotopic (exact) mass is 339 g/mol. The third-order valence-electron chi connectivity index (χ3n) is 3.73. The maximum Gasteiger partial charge on any atom is 0.256 e. The molecule has 1 aliphatic rings. The average molecular weight is 340 g/mol. The number of likely N-dealkylation sites (tertiary alicyclic amines) is 1. The number of benzene rings is 1. The lowest BCUT2D eigenvalue weighted by Crippen LogP contribution is -2.41. The van der Waals surface area contributed by atoms with Crippen molar-refractivity contribution in [3.05, 3.63) is 36.2 Å². The molecule has 1 fully saturated rings. The summed E-state index contributed by atoms with van der Waals surface area (Å²) in [6.45, 7) is 0.600. The van der Waals surface area contributed by atoms with Crippen LogP contribution < -0.4 is 0 Å². The topological polar surface area (TPSA) is 59.2 Å². The fourth-order valence-corrected chi connectivity index (χ4v) is 2.90. The van der Waals surface area contributed by atoms with E-state index in [2.05, 4.69) is 10.1 Å². The molecule has 0 bridgehead atoms. The molecule has 5 nitrogen and oxygen atoms in total. The summed E-state index contributed by atoms with van der Waals surface area (Å²) in [6.07, 6.45) is 2.68. The lowest BCUT2D eigenvalue weighted by atomic mass is 10.0. The number of carbonyl (C=O) groups excluding carboxylic acids is 1. The maximum atomic E-state index is 12.1. The number of hydrogen-bond acceptors (Lipinski definition) is 4. The summed E-state index contributed by atoms with van der Waals surface area (Å²) in [7, 11) is 0. The molecule has 2 aromatic rings. The van der Waals surface area contributed by atoms with Crippen LogP contribution in [0.2, 0.25) is 0 Å². The standard InChI is InChI=1S/C15H15Cl2N3O2/c16-12(17)15(21)20-9-5-4-8-11(20)14-18-13(19-22-14)10-6-2-1-3-7-10/h1-3,6-7,11-12H,4-5,8-9H2/t11-/m0/s1. The van der Waals surface area contributed by atoms with E-state index in [4.69, 9.17) is 27.7 Å². The van der Waals surface area contributed by atoms with E-state index in [1.807, 2.05) is 30.3 Å². The van der Waals surface area contributed by atoms with Crippen LogP contribution in [0.15, 0.2) is 34.9 Å². The number of rotatable bonds is 3. The number of aromatic nitrogens is 2. The SMILES string of the molecule is O=C(C(Cl)Cl)N1CCCC[C@H]1c1nc(-c2ccccc2)no1. The van der Waals surface area contributed by atoms with Crippen LogP contribution >= 0.6 is 23.2 Å². The molecule has 3 rings (SSSR count). The minimum Gasteiger partial charge on any atom is -0.337 e. The fourth-order valence-electron chi connectivity index (χ4n) is 2.65. The molecule has 1 aliphatic heterocycles. The Morgan fingerprint density at radius 3 is 2.77 bits per heavy atom. The van der Waals surface area contributed by atoms with E-state index in [-0.39, 0.29) is 11.9 Å². The van der Waals surface area contributed by atoms with Gasteiger partial charge >= 0.3 is 0 Å². The van der Waals surface area contributed by atoms with Crippen LogP contribution in [0.5, 0.6) is 0 Å². The predicted molar refractivity (Wildman–Crippen MR) is 83.5 cm³/mol. The zero-order chi connectivity index (χ0) is 15.5. The van der Waals surface area contributed by atoms with Crippen LogP contribution in [-0.2, 0) is 4.79 Å². The first-order valence-corrected chi connectivity index (χ1v) is 8.02. The molecular weight excluding hydrogens is 325 g/mol. The van der Waals surface area contributed by atoms with Crippen molar-refractivity contribution in [3.8, 4) is 11.4 Å². The molecule has 0 unspecified atom stereocenters. The first-order chi connectivity index (χ1) is 10.7. The van der Waals surface area contributed by atoms with Crippen molar-refractivity contribution >= 4 is 29.1 Å². The normalized spacial score (nSPS) is 18.7. The zero-order valence-corrected chi connectivity index (χ0v) is 13.3. The highest BCUT2D eigenvalue weighted by Gasteiger charge is 2.34. The molecule has 0 spiro atoms. The van der Waals surface area contributed by atoms with E-state index in [0.717, 1.165) is 24.8 Å². The number of amides is 1. The molecule has 1 atom stereocenters. The Kier molecular flexibility index (Phi) is 4.64. The second kappa shape index (κ2) is 6.67. The molecule has 1 amide bonds. The van der Waals surface area contributed by atoms with Crippen LogP contribution in [0, 0.1) is 0 Å². The Morgan fingerprint density at radius 2 is 2.05 bits per heavy atom. The summed E-state index contributed by atoms with van der Waals surface area (Å²) in [5.74, 6) is 0.634. The summed E-state index contributed by atoms with van der Waals surface area (Å²) in [4.78, 5) is 17.1. The molecule has 116 valence electrons. The van der Waals surface area contributed by atoms with Crippen molar-refractivity contribution < 1.29 is 9.32 Å². The lowest BCUT2D eigenvalue weighted by Gasteiger charge is -2.33. The number of piperidine rings is 1. The second-order valence-electron chi connectivity index (χ2n) is 5.17. The van der Waals surface area contributed by atoms with Crippen molar-refractivity contribution in [2.75, 3.05) is 6.54 Å². The molecular formula is C15H15Cl2N3O2. The summed E-state index contributed by atoms with van der Waals surface area (Å²) in [6, 6.07) is 9.30. The van der Waals surface area contributed by atoms with Gasteiger partial charge in [-0.1, -0.05) is 58.7 Å². The van der Waals surface area contributed by atoms with Gasteiger partial charge in [0.25, 0.3) is 5.91 Å². The summed E-state index contributed by atoms with van der Waals surface area (Å²) < 4.78 is 5.38. The van der Waals surface area contributed by atoms with Gasteiger partial charge in [-0.2, -0.15) is 4.98 Å². The Labute approximate surface area is 138 Å². The molecule has 0 saturated carbocycles. The van der Waals surface area contributed by atoms with E-state index >= 15 is 0 Å². The van der Waals surface area contributed by atoms with Gasteiger partial charge in [-0.05, 0) is 19.3 Å². The summed E-state index contributed by atoms with van der Waals surface area (Å²) in [5, 5.41) is 4.01. The van der Waals surface area contributed by atoms with Crippen molar-refractivity contribution in [2.45, 2.75) is 30.1 Å². The third-order valence-corrected chi connectivity index (χ3v) is 4.10. The van der Waals surface area contributed by atoms with Gasteiger partial charge in [0, 0.05) is 12.1 Å². The van der Waals surface area contributed by atoms with Gasteiger partial charge in [-0.15, -0.1) is 0 Å². The highest BCUT2D eigenvalue weighted by atomic mass is 35.5. The quantitative estimate of drug-likeness (QED) is 0.801. The predicted octanol–water partition coefficient (Wildman–Crippen LogP) is 3.59. The van der Waals surface area contributed by atoms with Crippen LogP contribution in [0.25, 0.3) is 11.4 Å². The minimum absolute atomic E-state index is 0.258. The number of alkyl halides is 2. The summed E-state index contributed by atoms with van der Waals surface area (Å²) >= 11 is 11.4. The highest BCUT2D eigenvalue weighted by Crippen LogP contribution is 2.32. The number of halogens is 2. The molecule has 22 heavy (non-hydrogen) atoms. The van der Waals surface area contributed by atoms with Crippen molar-refractivity contribution in [1.29, 1.82) is 0 Å².